The average Bonchev–Trinajstić information content (AvgIpc) is 2.24. The number of rotatable bonds is 5. The van der Waals surface area contributed by atoms with Crippen molar-refractivity contribution in [1.82, 2.24) is 5.32 Å². The van der Waals surface area contributed by atoms with Crippen LogP contribution in [0.25, 0.3) is 0 Å². The van der Waals surface area contributed by atoms with Crippen LogP contribution in [0.2, 0.25) is 0 Å². The van der Waals surface area contributed by atoms with Crippen LogP contribution in [-0.2, 0) is 0 Å². The van der Waals surface area contributed by atoms with Crippen LogP contribution >= 0.6 is 0 Å². The van der Waals surface area contributed by atoms with E-state index in [1.165, 1.54) is 11.1 Å². The van der Waals surface area contributed by atoms with Crippen LogP contribution < -0.4 is 10.1 Å². The first kappa shape index (κ1) is 15.0. The molecule has 0 spiro atoms. The van der Waals surface area contributed by atoms with Crippen molar-refractivity contribution < 1.29 is 4.74 Å². The molecule has 0 aliphatic heterocycles. The fourth-order valence-electron chi connectivity index (χ4n) is 1.72. The smallest absolute Gasteiger partial charge is 0.122 e. The van der Waals surface area contributed by atoms with Gasteiger partial charge in [0.15, 0.2) is 0 Å². The van der Waals surface area contributed by atoms with Gasteiger partial charge in [0.2, 0.25) is 0 Å². The lowest BCUT2D eigenvalue weighted by atomic mass is 10.0. The zero-order valence-electron chi connectivity index (χ0n) is 12.6. The minimum atomic E-state index is 0.151. The van der Waals surface area contributed by atoms with Gasteiger partial charge in [-0.05, 0) is 50.8 Å². The largest absolute Gasteiger partial charge is 0.492 e. The molecule has 18 heavy (non-hydrogen) atoms. The predicted molar refractivity (Wildman–Crippen MR) is 78.5 cm³/mol. The molecule has 2 nitrogen and oxygen atoms in total. The lowest BCUT2D eigenvalue weighted by molar-refractivity contribution is 0.289. The minimum Gasteiger partial charge on any atom is -0.492 e. The van der Waals surface area contributed by atoms with Crippen molar-refractivity contribution in [3.05, 3.63) is 29.3 Å². The third-order valence-electron chi connectivity index (χ3n) is 2.89. The summed E-state index contributed by atoms with van der Waals surface area (Å²) >= 11 is 0. The molecule has 0 saturated carbocycles. The van der Waals surface area contributed by atoms with E-state index in [1.807, 2.05) is 0 Å². The summed E-state index contributed by atoms with van der Waals surface area (Å²) in [7, 11) is 0. The lowest BCUT2D eigenvalue weighted by Crippen LogP contribution is -2.38. The maximum Gasteiger partial charge on any atom is 0.122 e. The standard InChI is InChI=1S/C16H27NO/c1-12(2)14-8-7-13(3)15(11-14)18-10-9-17-16(4,5)6/h7-8,11-12,17H,9-10H2,1-6H3. The molecule has 0 atom stereocenters. The van der Waals surface area contributed by atoms with Crippen LogP contribution in [-0.4, -0.2) is 18.7 Å². The molecule has 1 N–H and O–H groups in total. The summed E-state index contributed by atoms with van der Waals surface area (Å²) < 4.78 is 5.86. The summed E-state index contributed by atoms with van der Waals surface area (Å²) in [6.45, 7) is 14.6. The minimum absolute atomic E-state index is 0.151. The van der Waals surface area contributed by atoms with Crippen molar-refractivity contribution in [3.8, 4) is 5.75 Å². The molecule has 0 aliphatic rings. The van der Waals surface area contributed by atoms with Crippen LogP contribution in [0.5, 0.6) is 5.75 Å². The zero-order valence-corrected chi connectivity index (χ0v) is 12.6. The first-order valence-electron chi connectivity index (χ1n) is 6.78. The Morgan fingerprint density at radius 1 is 1.22 bits per heavy atom. The molecular weight excluding hydrogens is 222 g/mol. The second kappa shape index (κ2) is 6.24. The Hall–Kier alpha value is -1.02. The lowest BCUT2D eigenvalue weighted by Gasteiger charge is -2.21. The summed E-state index contributed by atoms with van der Waals surface area (Å²) in [5.41, 5.74) is 2.69. The van der Waals surface area contributed by atoms with E-state index in [4.69, 9.17) is 4.74 Å². The number of benzene rings is 1. The van der Waals surface area contributed by atoms with Crippen molar-refractivity contribution in [2.24, 2.45) is 0 Å². The monoisotopic (exact) mass is 249 g/mol. The highest BCUT2D eigenvalue weighted by atomic mass is 16.5. The third-order valence-corrected chi connectivity index (χ3v) is 2.89. The van der Waals surface area contributed by atoms with E-state index in [1.54, 1.807) is 0 Å². The first-order valence-corrected chi connectivity index (χ1v) is 6.78. The maximum absolute atomic E-state index is 5.86. The summed E-state index contributed by atoms with van der Waals surface area (Å²) in [5.74, 6) is 1.55. The number of hydrogen-bond donors (Lipinski definition) is 1. The van der Waals surface area contributed by atoms with Crippen molar-refractivity contribution in [3.63, 3.8) is 0 Å². The van der Waals surface area contributed by atoms with E-state index in [9.17, 15) is 0 Å². The van der Waals surface area contributed by atoms with E-state index in [2.05, 4.69) is 65.1 Å². The van der Waals surface area contributed by atoms with E-state index in [-0.39, 0.29) is 5.54 Å². The second-order valence-corrected chi connectivity index (χ2v) is 6.20. The van der Waals surface area contributed by atoms with Gasteiger partial charge in [-0.2, -0.15) is 0 Å². The van der Waals surface area contributed by atoms with Crippen molar-refractivity contribution in [1.29, 1.82) is 0 Å². The molecule has 1 rings (SSSR count). The highest BCUT2D eigenvalue weighted by Gasteiger charge is 2.08. The highest BCUT2D eigenvalue weighted by Crippen LogP contribution is 2.24. The van der Waals surface area contributed by atoms with Gasteiger partial charge in [0, 0.05) is 12.1 Å². The van der Waals surface area contributed by atoms with Gasteiger partial charge in [-0.15, -0.1) is 0 Å². The second-order valence-electron chi connectivity index (χ2n) is 6.20. The summed E-state index contributed by atoms with van der Waals surface area (Å²) in [5, 5.41) is 3.42. The Labute approximate surface area is 112 Å². The molecule has 2 heteroatoms. The molecule has 1 aromatic carbocycles. The van der Waals surface area contributed by atoms with E-state index >= 15 is 0 Å². The van der Waals surface area contributed by atoms with E-state index in [0.29, 0.717) is 12.5 Å². The molecule has 0 aliphatic carbocycles. The van der Waals surface area contributed by atoms with Crippen LogP contribution in [0.4, 0.5) is 0 Å². The predicted octanol–water partition coefficient (Wildman–Crippen LogP) is 3.89. The third kappa shape index (κ3) is 5.09. The first-order chi connectivity index (χ1) is 8.29. The molecule has 102 valence electrons. The van der Waals surface area contributed by atoms with Gasteiger partial charge < -0.3 is 10.1 Å². The summed E-state index contributed by atoms with van der Waals surface area (Å²) in [6.07, 6.45) is 0. The zero-order chi connectivity index (χ0) is 13.8. The van der Waals surface area contributed by atoms with Crippen molar-refractivity contribution in [2.45, 2.75) is 53.0 Å². The molecule has 0 bridgehead atoms. The van der Waals surface area contributed by atoms with Gasteiger partial charge in [-0.25, -0.2) is 0 Å². The van der Waals surface area contributed by atoms with E-state index < -0.39 is 0 Å². The Morgan fingerprint density at radius 2 is 1.89 bits per heavy atom. The summed E-state index contributed by atoms with van der Waals surface area (Å²) in [4.78, 5) is 0. The highest BCUT2D eigenvalue weighted by molar-refractivity contribution is 5.37. The van der Waals surface area contributed by atoms with Gasteiger partial charge in [-0.3, -0.25) is 0 Å². The fraction of sp³-hybridized carbons (Fsp3) is 0.625. The Kier molecular flexibility index (Phi) is 5.21. The maximum atomic E-state index is 5.86. The topological polar surface area (TPSA) is 21.3 Å². The van der Waals surface area contributed by atoms with Gasteiger partial charge >= 0.3 is 0 Å². The van der Waals surface area contributed by atoms with Crippen LogP contribution in [0.3, 0.4) is 0 Å². The van der Waals surface area contributed by atoms with Crippen LogP contribution in [0.1, 0.15) is 51.7 Å². The molecule has 0 saturated heterocycles. The SMILES string of the molecule is Cc1ccc(C(C)C)cc1OCCNC(C)(C)C. The summed E-state index contributed by atoms with van der Waals surface area (Å²) in [6, 6.07) is 6.49. The molecule has 0 heterocycles. The van der Waals surface area contributed by atoms with Gasteiger partial charge in [0.25, 0.3) is 0 Å². The quantitative estimate of drug-likeness (QED) is 0.799. The van der Waals surface area contributed by atoms with Crippen molar-refractivity contribution >= 4 is 0 Å². The van der Waals surface area contributed by atoms with Crippen LogP contribution in [0, 0.1) is 6.92 Å². The van der Waals surface area contributed by atoms with Gasteiger partial charge in [-0.1, -0.05) is 26.0 Å². The number of hydrogen-bond acceptors (Lipinski definition) is 2. The van der Waals surface area contributed by atoms with Crippen molar-refractivity contribution in [2.75, 3.05) is 13.2 Å². The number of nitrogens with one attached hydrogen (secondary N) is 1. The number of aryl methyl sites for hydroxylation is 1. The van der Waals surface area contributed by atoms with Gasteiger partial charge in [0.1, 0.15) is 12.4 Å². The number of ether oxygens (including phenoxy) is 1. The normalized spacial score (nSPS) is 11.9. The average molecular weight is 249 g/mol. The molecule has 0 radical (unpaired) electrons. The Balaban J connectivity index is 2.54. The molecule has 0 amide bonds. The molecule has 0 unspecified atom stereocenters. The molecular formula is C16H27NO. The molecule has 0 aromatic heterocycles. The van der Waals surface area contributed by atoms with E-state index in [0.717, 1.165) is 12.3 Å². The Morgan fingerprint density at radius 3 is 2.44 bits per heavy atom. The fourth-order valence-corrected chi connectivity index (χ4v) is 1.72. The Bertz CT molecular complexity index is 377. The molecule has 0 fully saturated rings. The molecule has 1 aromatic rings. The van der Waals surface area contributed by atoms with Gasteiger partial charge in [0.05, 0.1) is 0 Å². The van der Waals surface area contributed by atoms with Crippen LogP contribution in [0.15, 0.2) is 18.2 Å².